The molecule has 0 bridgehead atoms. The number of aliphatic hydroxyl groups excluding tert-OH is 5. The summed E-state index contributed by atoms with van der Waals surface area (Å²) in [7, 11) is 0. The molecular formula is C34H50O13. The highest BCUT2D eigenvalue weighted by atomic mass is 16.7. The van der Waals surface area contributed by atoms with Gasteiger partial charge in [0, 0.05) is 30.3 Å². The van der Waals surface area contributed by atoms with Gasteiger partial charge in [0.1, 0.15) is 47.5 Å². The lowest BCUT2D eigenvalue weighted by atomic mass is 9.44. The third-order valence-electron chi connectivity index (χ3n) is 13.6. The number of carbonyl (C=O) groups is 2. The van der Waals surface area contributed by atoms with Gasteiger partial charge >= 0.3 is 5.97 Å². The van der Waals surface area contributed by atoms with Crippen molar-refractivity contribution < 1.29 is 64.7 Å². The number of hydrogen-bond acceptors (Lipinski definition) is 13. The van der Waals surface area contributed by atoms with Gasteiger partial charge in [-0.2, -0.15) is 0 Å². The lowest BCUT2D eigenvalue weighted by molar-refractivity contribution is -0.312. The van der Waals surface area contributed by atoms with Crippen molar-refractivity contribution in [1.82, 2.24) is 0 Å². The maximum absolute atomic E-state index is 14.1. The summed E-state index contributed by atoms with van der Waals surface area (Å²) in [6.07, 6.45) is -7.76. The second-order valence-electron chi connectivity index (χ2n) is 15.6. The molecule has 0 aromatic heterocycles. The number of Topliss-reactive ketones (excluding diaryl/α,β-unsaturated/α-hetero) is 1. The first-order valence-corrected chi connectivity index (χ1v) is 16.7. The molecule has 0 unspecified atom stereocenters. The van der Waals surface area contributed by atoms with Crippen LogP contribution in [0.2, 0.25) is 0 Å². The van der Waals surface area contributed by atoms with Crippen LogP contribution in [0.1, 0.15) is 79.6 Å². The predicted molar refractivity (Wildman–Crippen MR) is 162 cm³/mol. The number of carbonyl (C=O) groups excluding carboxylic acids is 2. The van der Waals surface area contributed by atoms with E-state index in [-0.39, 0.29) is 37.4 Å². The number of hydrogen-bond donors (Lipinski definition) is 8. The third-order valence-corrected chi connectivity index (χ3v) is 13.6. The molecule has 2 heterocycles. The van der Waals surface area contributed by atoms with Crippen LogP contribution in [-0.2, 0) is 23.8 Å². The fraction of sp³-hybridized carbons (Fsp3) is 0.824. The van der Waals surface area contributed by atoms with E-state index < -0.39 is 95.1 Å². The summed E-state index contributed by atoms with van der Waals surface area (Å²) in [4.78, 5) is 26.7. The average Bonchev–Trinajstić information content (AvgIpc) is 3.18. The quantitative estimate of drug-likeness (QED) is 0.138. The number of aliphatic hydroxyl groups is 8. The number of rotatable bonds is 5. The van der Waals surface area contributed by atoms with Crippen LogP contribution < -0.4 is 0 Å². The summed E-state index contributed by atoms with van der Waals surface area (Å²) in [6, 6.07) is 0. The Kier molecular flexibility index (Phi) is 8.48. The van der Waals surface area contributed by atoms with Gasteiger partial charge in [0.05, 0.1) is 29.8 Å². The smallest absolute Gasteiger partial charge is 0.334 e. The van der Waals surface area contributed by atoms with E-state index in [2.05, 4.69) is 0 Å². The molecule has 8 N–H and O–H groups in total. The Balaban J connectivity index is 1.27. The molecule has 0 spiro atoms. The minimum Gasteiger partial charge on any atom is -0.455 e. The Hall–Kier alpha value is -1.78. The molecule has 0 radical (unpaired) electrons. The Labute approximate surface area is 273 Å². The molecule has 4 aliphatic carbocycles. The first kappa shape index (κ1) is 35.1. The zero-order chi connectivity index (χ0) is 34.6. The van der Waals surface area contributed by atoms with Crippen LogP contribution in [0.25, 0.3) is 0 Å². The van der Waals surface area contributed by atoms with Gasteiger partial charge < -0.3 is 55.1 Å². The Morgan fingerprint density at radius 2 is 1.68 bits per heavy atom. The predicted octanol–water partition coefficient (Wildman–Crippen LogP) is -0.467. The minimum atomic E-state index is -2.26. The van der Waals surface area contributed by atoms with Crippen molar-refractivity contribution in [3.8, 4) is 0 Å². The van der Waals surface area contributed by atoms with Gasteiger partial charge in [-0.1, -0.05) is 24.1 Å². The second-order valence-corrected chi connectivity index (χ2v) is 15.6. The van der Waals surface area contributed by atoms with Gasteiger partial charge in [-0.15, -0.1) is 0 Å². The second kappa shape index (κ2) is 11.4. The van der Waals surface area contributed by atoms with E-state index in [1.165, 1.54) is 6.92 Å². The van der Waals surface area contributed by atoms with Crippen molar-refractivity contribution in [3.63, 3.8) is 0 Å². The van der Waals surface area contributed by atoms with Crippen LogP contribution in [0.5, 0.6) is 0 Å². The monoisotopic (exact) mass is 666 g/mol. The van der Waals surface area contributed by atoms with Crippen molar-refractivity contribution in [3.05, 3.63) is 22.8 Å². The lowest BCUT2D eigenvalue weighted by Gasteiger charge is -2.63. The zero-order valence-electron chi connectivity index (χ0n) is 27.6. The Morgan fingerprint density at radius 3 is 2.32 bits per heavy atom. The molecule has 6 rings (SSSR count). The maximum Gasteiger partial charge on any atom is 0.334 e. The summed E-state index contributed by atoms with van der Waals surface area (Å²) >= 11 is 0. The van der Waals surface area contributed by atoms with Crippen LogP contribution in [-0.4, -0.2) is 125 Å². The largest absolute Gasteiger partial charge is 0.455 e. The van der Waals surface area contributed by atoms with E-state index >= 15 is 0 Å². The fourth-order valence-electron chi connectivity index (χ4n) is 10.3. The molecule has 13 nitrogen and oxygen atoms in total. The molecule has 0 aromatic carbocycles. The van der Waals surface area contributed by atoms with E-state index in [4.69, 9.17) is 14.2 Å². The molecule has 4 fully saturated rings. The summed E-state index contributed by atoms with van der Waals surface area (Å²) in [5.41, 5.74) is -6.60. The van der Waals surface area contributed by atoms with Crippen molar-refractivity contribution in [2.75, 3.05) is 6.61 Å². The standard InChI is InChI=1S/C34H50O13/c1-15-10-24(47-28(41)16(15)2)32(5,42)34(44)23(37)13-33(43)20-7-6-17-11-18(45-29-27(40)26(39)25(38)21(14-35)46-29)12-22(36)31(17,4)19(20)8-9-30(33,34)3/h6,18-21,23-27,29,35,37-40,42-44H,7-14H2,1-5H3/t18-,19-,20+,21-,23-,24+,25-,26+,27-,29-,30+,31+,32-,33+,34+/m1/s1. The number of esters is 1. The lowest BCUT2D eigenvalue weighted by Crippen LogP contribution is -2.74. The molecule has 0 amide bonds. The number of ketones is 1. The minimum absolute atomic E-state index is 0.0532. The van der Waals surface area contributed by atoms with Crippen LogP contribution in [0.15, 0.2) is 22.8 Å². The van der Waals surface area contributed by atoms with E-state index in [1.54, 1.807) is 20.8 Å². The summed E-state index contributed by atoms with van der Waals surface area (Å²) in [5, 5.41) is 89.1. The van der Waals surface area contributed by atoms with Crippen molar-refractivity contribution in [2.45, 2.75) is 145 Å². The molecule has 13 heteroatoms. The van der Waals surface area contributed by atoms with E-state index in [0.717, 1.165) is 5.57 Å². The van der Waals surface area contributed by atoms with E-state index in [0.29, 0.717) is 30.4 Å². The molecule has 47 heavy (non-hydrogen) atoms. The highest BCUT2D eigenvalue weighted by molar-refractivity contribution is 5.90. The van der Waals surface area contributed by atoms with Crippen LogP contribution in [0.4, 0.5) is 0 Å². The first-order chi connectivity index (χ1) is 21.8. The number of fused-ring (bicyclic) bond motifs is 5. The first-order valence-electron chi connectivity index (χ1n) is 16.7. The van der Waals surface area contributed by atoms with Gasteiger partial charge in [0.25, 0.3) is 0 Å². The fourth-order valence-corrected chi connectivity index (χ4v) is 10.3. The van der Waals surface area contributed by atoms with Gasteiger partial charge in [-0.3, -0.25) is 4.79 Å². The molecule has 6 aliphatic rings. The topological polar surface area (TPSA) is 224 Å². The molecule has 264 valence electrons. The molecule has 2 aliphatic heterocycles. The number of cyclic esters (lactones) is 1. The van der Waals surface area contributed by atoms with E-state index in [1.807, 2.05) is 13.0 Å². The van der Waals surface area contributed by atoms with Crippen molar-refractivity contribution in [1.29, 1.82) is 0 Å². The maximum atomic E-state index is 14.1. The van der Waals surface area contributed by atoms with Gasteiger partial charge in [-0.05, 0) is 65.2 Å². The zero-order valence-corrected chi connectivity index (χ0v) is 27.6. The van der Waals surface area contributed by atoms with Crippen LogP contribution >= 0.6 is 0 Å². The highest BCUT2D eigenvalue weighted by Crippen LogP contribution is 2.70. The van der Waals surface area contributed by atoms with Crippen molar-refractivity contribution in [2.24, 2.45) is 22.7 Å². The summed E-state index contributed by atoms with van der Waals surface area (Å²) in [6.45, 7) is 7.65. The van der Waals surface area contributed by atoms with Crippen LogP contribution in [0.3, 0.4) is 0 Å². The average molecular weight is 667 g/mol. The summed E-state index contributed by atoms with van der Waals surface area (Å²) < 4.78 is 17.1. The third kappa shape index (κ3) is 4.58. The normalized spacial score (nSPS) is 51.4. The molecule has 1 saturated heterocycles. The molecule has 3 saturated carbocycles. The van der Waals surface area contributed by atoms with Gasteiger partial charge in [0.2, 0.25) is 0 Å². The van der Waals surface area contributed by atoms with Gasteiger partial charge in [0.15, 0.2) is 6.29 Å². The SMILES string of the molecule is CC1=C(C)C(=O)O[C@H]([C@@](C)(O)[C@]2(O)[C@H](O)C[C@]3(O)[C@H]4CC=C5C[C@@H](O[C@@H]6O[C@H](CO)[C@@H](O)[C@H](O)[C@H]6O)CC(=O)[C@]5(C)[C@@H]4CC[C@]23C)C1. The molecule has 15 atom stereocenters. The van der Waals surface area contributed by atoms with Gasteiger partial charge in [-0.25, -0.2) is 4.79 Å². The Bertz CT molecular complexity index is 1370. The number of ether oxygens (including phenoxy) is 3. The van der Waals surface area contributed by atoms with E-state index in [9.17, 15) is 50.4 Å². The van der Waals surface area contributed by atoms with Crippen molar-refractivity contribution >= 4 is 11.8 Å². The highest BCUT2D eigenvalue weighted by Gasteiger charge is 2.79. The molecule has 0 aromatic rings. The number of allylic oxidation sites excluding steroid dienone is 1. The Morgan fingerprint density at radius 1 is 1.00 bits per heavy atom. The van der Waals surface area contributed by atoms with Crippen LogP contribution in [0, 0.1) is 22.7 Å². The molecular weight excluding hydrogens is 616 g/mol. The summed E-state index contributed by atoms with van der Waals surface area (Å²) in [5.74, 6) is -1.68.